The van der Waals surface area contributed by atoms with Crippen molar-refractivity contribution < 1.29 is 4.79 Å². The van der Waals surface area contributed by atoms with E-state index in [-0.39, 0.29) is 11.7 Å². The summed E-state index contributed by atoms with van der Waals surface area (Å²) in [6, 6.07) is 13.6. The van der Waals surface area contributed by atoms with Crippen molar-refractivity contribution in [3.05, 3.63) is 68.8 Å². The van der Waals surface area contributed by atoms with E-state index in [0.717, 1.165) is 45.0 Å². The number of H-pyrrole nitrogens is 1. The van der Waals surface area contributed by atoms with E-state index >= 15 is 0 Å². The fourth-order valence-corrected chi connectivity index (χ4v) is 3.37. The van der Waals surface area contributed by atoms with E-state index in [1.165, 1.54) is 0 Å². The lowest BCUT2D eigenvalue weighted by Crippen LogP contribution is -2.02. The van der Waals surface area contributed by atoms with Crippen molar-refractivity contribution in [2.24, 2.45) is 5.92 Å². The van der Waals surface area contributed by atoms with Crippen LogP contribution >= 0.6 is 27.5 Å². The van der Waals surface area contributed by atoms with Gasteiger partial charge in [-0.3, -0.25) is 4.79 Å². The van der Waals surface area contributed by atoms with E-state index in [1.54, 1.807) is 0 Å². The molecule has 1 N–H and O–H groups in total. The van der Waals surface area contributed by atoms with Gasteiger partial charge in [0, 0.05) is 26.3 Å². The van der Waals surface area contributed by atoms with Crippen molar-refractivity contribution in [1.29, 1.82) is 0 Å². The highest BCUT2D eigenvalue weighted by Gasteiger charge is 2.33. The third-order valence-electron chi connectivity index (χ3n) is 4.30. The quantitative estimate of drug-likeness (QED) is 0.509. The smallest absolute Gasteiger partial charge is 0.168 e. The number of halogens is 2. The maximum atomic E-state index is 12.8. The van der Waals surface area contributed by atoms with Gasteiger partial charge in [0.15, 0.2) is 5.78 Å². The fourth-order valence-electron chi connectivity index (χ4n) is 2.88. The third kappa shape index (κ3) is 3.06. The summed E-state index contributed by atoms with van der Waals surface area (Å²) in [5.41, 5.74) is 3.70. The maximum Gasteiger partial charge on any atom is 0.168 e. The first-order valence-corrected chi connectivity index (χ1v) is 9.08. The highest BCUT2D eigenvalue weighted by atomic mass is 79.9. The third-order valence-corrected chi connectivity index (χ3v) is 5.04. The number of Topliss-reactive ketones (excluding diaryl/α,β-unsaturated/α-hetero) is 1. The van der Waals surface area contributed by atoms with Crippen LogP contribution < -0.4 is 0 Å². The number of benzene rings is 2. The van der Waals surface area contributed by atoms with Crippen molar-refractivity contribution in [3.63, 3.8) is 0 Å². The van der Waals surface area contributed by atoms with Crippen LogP contribution in [-0.4, -0.2) is 10.8 Å². The number of nitrogens with one attached hydrogen (secondary N) is 1. The maximum absolute atomic E-state index is 12.8. The minimum Gasteiger partial charge on any atom is -0.354 e. The molecular formula is C20H15BrClNO. The molecule has 2 aromatic carbocycles. The number of rotatable bonds is 4. The molecule has 0 spiro atoms. The molecule has 1 fully saturated rings. The Hall–Kier alpha value is -1.84. The normalized spacial score (nSPS) is 14.6. The van der Waals surface area contributed by atoms with Crippen LogP contribution in [0.25, 0.3) is 23.1 Å². The Bertz CT molecular complexity index is 952. The highest BCUT2D eigenvalue weighted by molar-refractivity contribution is 9.10. The molecule has 0 saturated heterocycles. The zero-order chi connectivity index (χ0) is 16.7. The van der Waals surface area contributed by atoms with Crippen LogP contribution in [0.5, 0.6) is 0 Å². The van der Waals surface area contributed by atoms with Gasteiger partial charge in [-0.15, -0.1) is 0 Å². The Morgan fingerprint density at radius 1 is 1.12 bits per heavy atom. The van der Waals surface area contributed by atoms with Crippen LogP contribution in [0.1, 0.15) is 34.5 Å². The molecule has 0 amide bonds. The zero-order valence-corrected chi connectivity index (χ0v) is 15.2. The van der Waals surface area contributed by atoms with Gasteiger partial charge >= 0.3 is 0 Å². The van der Waals surface area contributed by atoms with E-state index in [2.05, 4.69) is 20.9 Å². The molecule has 1 aromatic heterocycles. The summed E-state index contributed by atoms with van der Waals surface area (Å²) in [5.74, 6) is 0.439. The molecule has 120 valence electrons. The van der Waals surface area contributed by atoms with Gasteiger partial charge in [0.05, 0.1) is 11.3 Å². The van der Waals surface area contributed by atoms with Crippen LogP contribution in [-0.2, 0) is 0 Å². The molecule has 0 aliphatic heterocycles. The predicted molar refractivity (Wildman–Crippen MR) is 103 cm³/mol. The highest BCUT2D eigenvalue weighted by Crippen LogP contribution is 2.37. The van der Waals surface area contributed by atoms with Crippen molar-refractivity contribution in [3.8, 4) is 0 Å². The first-order chi connectivity index (χ1) is 11.6. The summed E-state index contributed by atoms with van der Waals surface area (Å²) >= 11 is 9.42. The van der Waals surface area contributed by atoms with Gasteiger partial charge in [0.1, 0.15) is 0 Å². The SMILES string of the molecule is O=C(c1c(/C=C/c2ccc(Cl)cc2)[nH]c2cc(Br)ccc12)C1CC1. The van der Waals surface area contributed by atoms with Gasteiger partial charge in [-0.25, -0.2) is 0 Å². The first kappa shape index (κ1) is 15.7. The molecule has 0 atom stereocenters. The Kier molecular flexibility index (Phi) is 4.07. The molecule has 4 heteroatoms. The number of hydrogen-bond donors (Lipinski definition) is 1. The zero-order valence-electron chi connectivity index (χ0n) is 12.9. The van der Waals surface area contributed by atoms with Crippen LogP contribution in [0.15, 0.2) is 46.9 Å². The average Bonchev–Trinajstić information content (AvgIpc) is 3.35. The molecule has 0 unspecified atom stereocenters. The van der Waals surface area contributed by atoms with Gasteiger partial charge in [0.2, 0.25) is 0 Å². The summed E-state index contributed by atoms with van der Waals surface area (Å²) in [7, 11) is 0. The monoisotopic (exact) mass is 399 g/mol. The second kappa shape index (κ2) is 6.23. The van der Waals surface area contributed by atoms with E-state index in [0.29, 0.717) is 5.02 Å². The molecule has 4 rings (SSSR count). The lowest BCUT2D eigenvalue weighted by atomic mass is 10.0. The number of aromatic nitrogens is 1. The average molecular weight is 401 g/mol. The topological polar surface area (TPSA) is 32.9 Å². The summed E-state index contributed by atoms with van der Waals surface area (Å²) in [4.78, 5) is 16.1. The summed E-state index contributed by atoms with van der Waals surface area (Å²) in [6.45, 7) is 0. The van der Waals surface area contributed by atoms with Gasteiger partial charge in [-0.05, 0) is 48.7 Å². The van der Waals surface area contributed by atoms with Crippen LogP contribution in [0.2, 0.25) is 5.02 Å². The predicted octanol–water partition coefficient (Wildman–Crippen LogP) is 6.35. The van der Waals surface area contributed by atoms with Crippen LogP contribution in [0.3, 0.4) is 0 Å². The largest absolute Gasteiger partial charge is 0.354 e. The minimum absolute atomic E-state index is 0.190. The standard InChI is InChI=1S/C20H15BrClNO/c21-14-6-9-16-18(11-14)23-17(19(16)20(24)13-4-5-13)10-3-12-1-7-15(22)8-2-12/h1-3,6-11,13,23H,4-5H2/b10-3+. The second-order valence-corrected chi connectivity index (χ2v) is 7.48. The molecule has 0 radical (unpaired) electrons. The summed E-state index contributed by atoms with van der Waals surface area (Å²) in [5, 5.41) is 1.71. The number of carbonyl (C=O) groups is 1. The number of fused-ring (bicyclic) bond motifs is 1. The van der Waals surface area contributed by atoms with E-state index in [4.69, 9.17) is 11.6 Å². The summed E-state index contributed by atoms with van der Waals surface area (Å²) in [6.07, 6.45) is 5.98. The lowest BCUT2D eigenvalue weighted by Gasteiger charge is -2.00. The van der Waals surface area contributed by atoms with Gasteiger partial charge in [-0.1, -0.05) is 51.8 Å². The number of carbonyl (C=O) groups excluding carboxylic acids is 1. The van der Waals surface area contributed by atoms with Gasteiger partial charge < -0.3 is 4.98 Å². The summed E-state index contributed by atoms with van der Waals surface area (Å²) < 4.78 is 0.995. The fraction of sp³-hybridized carbons (Fsp3) is 0.150. The Labute approximate surface area is 153 Å². The molecule has 24 heavy (non-hydrogen) atoms. The molecule has 0 bridgehead atoms. The van der Waals surface area contributed by atoms with Gasteiger partial charge in [-0.2, -0.15) is 0 Å². The van der Waals surface area contributed by atoms with Crippen molar-refractivity contribution in [2.45, 2.75) is 12.8 Å². The molecule has 1 aliphatic rings. The minimum atomic E-state index is 0.190. The van der Waals surface area contributed by atoms with Gasteiger partial charge in [0.25, 0.3) is 0 Å². The first-order valence-electron chi connectivity index (χ1n) is 7.91. The van der Waals surface area contributed by atoms with Crippen molar-refractivity contribution >= 4 is 56.4 Å². The van der Waals surface area contributed by atoms with Crippen molar-refractivity contribution in [2.75, 3.05) is 0 Å². The molecule has 1 heterocycles. The number of aromatic amines is 1. The second-order valence-electron chi connectivity index (χ2n) is 6.13. The molecule has 1 aliphatic carbocycles. The Morgan fingerprint density at radius 3 is 2.58 bits per heavy atom. The lowest BCUT2D eigenvalue weighted by molar-refractivity contribution is 0.0969. The molecule has 2 nitrogen and oxygen atoms in total. The van der Waals surface area contributed by atoms with Crippen molar-refractivity contribution in [1.82, 2.24) is 4.98 Å². The molecule has 1 saturated carbocycles. The Balaban J connectivity index is 1.79. The van der Waals surface area contributed by atoms with E-state index in [9.17, 15) is 4.79 Å². The molecular weight excluding hydrogens is 386 g/mol. The Morgan fingerprint density at radius 2 is 1.88 bits per heavy atom. The van der Waals surface area contributed by atoms with E-state index in [1.807, 2.05) is 54.6 Å². The van der Waals surface area contributed by atoms with Crippen LogP contribution in [0.4, 0.5) is 0 Å². The number of ketones is 1. The molecule has 3 aromatic rings. The number of hydrogen-bond acceptors (Lipinski definition) is 1. The van der Waals surface area contributed by atoms with Crippen LogP contribution in [0, 0.1) is 5.92 Å². The van der Waals surface area contributed by atoms with E-state index < -0.39 is 0 Å².